The number of hydrogen-bond acceptors (Lipinski definition) is 5. The summed E-state index contributed by atoms with van der Waals surface area (Å²) in [5.74, 6) is 1.10. The SMILES string of the molecule is CCN(CC)c1nc(C)c(NC(=O)c2ccccc2)c(NC)n1. The molecule has 0 spiro atoms. The van der Waals surface area contributed by atoms with E-state index in [1.165, 1.54) is 0 Å². The van der Waals surface area contributed by atoms with Gasteiger partial charge in [-0.25, -0.2) is 4.98 Å². The van der Waals surface area contributed by atoms with E-state index in [0.717, 1.165) is 18.8 Å². The number of amides is 1. The monoisotopic (exact) mass is 313 g/mol. The quantitative estimate of drug-likeness (QED) is 0.858. The third-order valence-electron chi connectivity index (χ3n) is 3.64. The van der Waals surface area contributed by atoms with E-state index in [0.29, 0.717) is 23.0 Å². The summed E-state index contributed by atoms with van der Waals surface area (Å²) in [7, 11) is 1.78. The van der Waals surface area contributed by atoms with Crippen LogP contribution in [-0.2, 0) is 0 Å². The number of aryl methyl sites for hydroxylation is 1. The Balaban J connectivity index is 2.33. The molecule has 0 unspecified atom stereocenters. The van der Waals surface area contributed by atoms with Crippen LogP contribution in [0.2, 0.25) is 0 Å². The predicted octanol–water partition coefficient (Wildman–Crippen LogP) is 2.93. The van der Waals surface area contributed by atoms with Crippen molar-refractivity contribution in [1.29, 1.82) is 0 Å². The van der Waals surface area contributed by atoms with E-state index in [2.05, 4.69) is 39.3 Å². The molecule has 0 aliphatic heterocycles. The topological polar surface area (TPSA) is 70.2 Å². The number of aromatic nitrogens is 2. The summed E-state index contributed by atoms with van der Waals surface area (Å²) in [4.78, 5) is 23.5. The third-order valence-corrected chi connectivity index (χ3v) is 3.64. The highest BCUT2D eigenvalue weighted by Crippen LogP contribution is 2.25. The minimum Gasteiger partial charge on any atom is -0.371 e. The Labute approximate surface area is 137 Å². The van der Waals surface area contributed by atoms with Gasteiger partial charge < -0.3 is 15.5 Å². The van der Waals surface area contributed by atoms with Crippen LogP contribution in [0.1, 0.15) is 29.9 Å². The number of carbonyl (C=O) groups is 1. The molecule has 23 heavy (non-hydrogen) atoms. The smallest absolute Gasteiger partial charge is 0.255 e. The third kappa shape index (κ3) is 3.77. The molecule has 1 heterocycles. The zero-order chi connectivity index (χ0) is 16.8. The van der Waals surface area contributed by atoms with E-state index >= 15 is 0 Å². The second kappa shape index (κ2) is 7.58. The Morgan fingerprint density at radius 3 is 2.35 bits per heavy atom. The number of benzene rings is 1. The Morgan fingerprint density at radius 1 is 1.13 bits per heavy atom. The lowest BCUT2D eigenvalue weighted by Crippen LogP contribution is -2.25. The molecule has 0 bridgehead atoms. The van der Waals surface area contributed by atoms with Crippen molar-refractivity contribution < 1.29 is 4.79 Å². The number of nitrogens with one attached hydrogen (secondary N) is 2. The van der Waals surface area contributed by atoms with Crippen molar-refractivity contribution in [1.82, 2.24) is 9.97 Å². The van der Waals surface area contributed by atoms with E-state index in [9.17, 15) is 4.79 Å². The lowest BCUT2D eigenvalue weighted by molar-refractivity contribution is 0.102. The molecule has 2 N–H and O–H groups in total. The van der Waals surface area contributed by atoms with Gasteiger partial charge >= 0.3 is 0 Å². The molecule has 6 nitrogen and oxygen atoms in total. The molecule has 0 atom stereocenters. The van der Waals surface area contributed by atoms with Crippen LogP contribution in [0.25, 0.3) is 0 Å². The Bertz CT molecular complexity index is 668. The highest BCUT2D eigenvalue weighted by molar-refractivity contribution is 6.06. The predicted molar refractivity (Wildman–Crippen MR) is 94.3 cm³/mol. The maximum atomic E-state index is 12.4. The largest absolute Gasteiger partial charge is 0.371 e. The van der Waals surface area contributed by atoms with E-state index in [1.807, 2.05) is 25.1 Å². The molecule has 0 fully saturated rings. The molecule has 122 valence electrons. The summed E-state index contributed by atoms with van der Waals surface area (Å²) in [6.07, 6.45) is 0. The highest BCUT2D eigenvalue weighted by atomic mass is 16.1. The van der Waals surface area contributed by atoms with Crippen molar-refractivity contribution in [2.75, 3.05) is 35.7 Å². The zero-order valence-electron chi connectivity index (χ0n) is 14.1. The van der Waals surface area contributed by atoms with Crippen molar-refractivity contribution in [3.8, 4) is 0 Å². The molecule has 0 saturated carbocycles. The lowest BCUT2D eigenvalue weighted by Gasteiger charge is -2.21. The van der Waals surface area contributed by atoms with Crippen LogP contribution in [0.4, 0.5) is 17.5 Å². The van der Waals surface area contributed by atoms with Gasteiger partial charge in [-0.1, -0.05) is 18.2 Å². The van der Waals surface area contributed by atoms with Crippen LogP contribution in [-0.4, -0.2) is 36.0 Å². The number of rotatable bonds is 6. The molecular weight excluding hydrogens is 290 g/mol. The lowest BCUT2D eigenvalue weighted by atomic mass is 10.2. The van der Waals surface area contributed by atoms with Gasteiger partial charge in [0.05, 0.1) is 5.69 Å². The first-order valence-electron chi connectivity index (χ1n) is 7.78. The number of nitrogens with zero attached hydrogens (tertiary/aromatic N) is 3. The number of hydrogen-bond donors (Lipinski definition) is 2. The van der Waals surface area contributed by atoms with Crippen LogP contribution >= 0.6 is 0 Å². The molecule has 1 amide bonds. The van der Waals surface area contributed by atoms with Crippen molar-refractivity contribution in [3.05, 3.63) is 41.6 Å². The van der Waals surface area contributed by atoms with Crippen LogP contribution in [0.3, 0.4) is 0 Å². The number of anilines is 3. The van der Waals surface area contributed by atoms with Gasteiger partial charge in [-0.05, 0) is 32.9 Å². The molecule has 6 heteroatoms. The fraction of sp³-hybridized carbons (Fsp3) is 0.353. The van der Waals surface area contributed by atoms with Gasteiger partial charge in [0.15, 0.2) is 5.82 Å². The van der Waals surface area contributed by atoms with Gasteiger partial charge in [0.1, 0.15) is 5.69 Å². The van der Waals surface area contributed by atoms with Crippen molar-refractivity contribution in [2.24, 2.45) is 0 Å². The Morgan fingerprint density at radius 2 is 1.78 bits per heavy atom. The summed E-state index contributed by atoms with van der Waals surface area (Å²) >= 11 is 0. The fourth-order valence-corrected chi connectivity index (χ4v) is 2.31. The van der Waals surface area contributed by atoms with E-state index in [1.54, 1.807) is 19.2 Å². The molecule has 0 saturated heterocycles. The highest BCUT2D eigenvalue weighted by Gasteiger charge is 2.16. The zero-order valence-corrected chi connectivity index (χ0v) is 14.1. The van der Waals surface area contributed by atoms with Crippen molar-refractivity contribution in [3.63, 3.8) is 0 Å². The second-order valence-corrected chi connectivity index (χ2v) is 5.08. The first-order valence-corrected chi connectivity index (χ1v) is 7.78. The molecule has 0 radical (unpaired) electrons. The molecule has 1 aromatic carbocycles. The van der Waals surface area contributed by atoms with E-state index in [4.69, 9.17) is 0 Å². The van der Waals surface area contributed by atoms with Crippen LogP contribution in [0.5, 0.6) is 0 Å². The maximum absolute atomic E-state index is 12.4. The van der Waals surface area contributed by atoms with Gasteiger partial charge in [-0.3, -0.25) is 4.79 Å². The summed E-state index contributed by atoms with van der Waals surface area (Å²) in [5.41, 5.74) is 1.94. The molecular formula is C17H23N5O. The molecule has 2 rings (SSSR count). The van der Waals surface area contributed by atoms with Crippen molar-refractivity contribution in [2.45, 2.75) is 20.8 Å². The maximum Gasteiger partial charge on any atom is 0.255 e. The average Bonchev–Trinajstić information content (AvgIpc) is 2.58. The van der Waals surface area contributed by atoms with Crippen molar-refractivity contribution >= 4 is 23.4 Å². The van der Waals surface area contributed by atoms with E-state index < -0.39 is 0 Å². The normalized spacial score (nSPS) is 10.3. The average molecular weight is 313 g/mol. The van der Waals surface area contributed by atoms with Crippen LogP contribution in [0.15, 0.2) is 30.3 Å². The van der Waals surface area contributed by atoms with Gasteiger partial charge in [-0.2, -0.15) is 4.98 Å². The first-order chi connectivity index (χ1) is 11.1. The van der Waals surface area contributed by atoms with Crippen LogP contribution in [0, 0.1) is 6.92 Å². The summed E-state index contributed by atoms with van der Waals surface area (Å²) in [6, 6.07) is 9.09. The van der Waals surface area contributed by atoms with Crippen LogP contribution < -0.4 is 15.5 Å². The Hall–Kier alpha value is -2.63. The van der Waals surface area contributed by atoms with Gasteiger partial charge in [0, 0.05) is 25.7 Å². The minimum absolute atomic E-state index is 0.176. The first kappa shape index (κ1) is 16.7. The second-order valence-electron chi connectivity index (χ2n) is 5.08. The fourth-order valence-electron chi connectivity index (χ4n) is 2.31. The summed E-state index contributed by atoms with van der Waals surface area (Å²) < 4.78 is 0. The summed E-state index contributed by atoms with van der Waals surface area (Å²) in [5, 5.41) is 5.95. The standard InChI is InChI=1S/C17H23N5O/c1-5-22(6-2)17-19-12(3)14(15(18-4)21-17)20-16(23)13-10-8-7-9-11-13/h7-11H,5-6H2,1-4H3,(H,20,23)(H,18,19,21). The summed E-state index contributed by atoms with van der Waals surface area (Å²) in [6.45, 7) is 7.65. The molecule has 1 aromatic heterocycles. The van der Waals surface area contributed by atoms with Gasteiger partial charge in [-0.15, -0.1) is 0 Å². The van der Waals surface area contributed by atoms with Gasteiger partial charge in [0.2, 0.25) is 5.95 Å². The molecule has 0 aliphatic rings. The molecule has 0 aliphatic carbocycles. The van der Waals surface area contributed by atoms with E-state index in [-0.39, 0.29) is 5.91 Å². The molecule has 2 aromatic rings. The Kier molecular flexibility index (Phi) is 5.51. The van der Waals surface area contributed by atoms with Gasteiger partial charge in [0.25, 0.3) is 5.91 Å². The number of carbonyl (C=O) groups excluding carboxylic acids is 1. The minimum atomic E-state index is -0.176.